The third-order valence-corrected chi connectivity index (χ3v) is 6.44. The molecule has 0 aliphatic rings. The van der Waals surface area contributed by atoms with Gasteiger partial charge in [0, 0.05) is 34.9 Å². The van der Waals surface area contributed by atoms with Crippen LogP contribution in [0.25, 0.3) is 0 Å². The molecule has 0 aliphatic heterocycles. The minimum atomic E-state index is -0.394. The smallest absolute Gasteiger partial charge is 0.261 e. The van der Waals surface area contributed by atoms with E-state index in [2.05, 4.69) is 26.6 Å². The van der Waals surface area contributed by atoms with Crippen LogP contribution in [-0.2, 0) is 6.42 Å². The normalized spacial score (nSPS) is 10.4. The van der Waals surface area contributed by atoms with Gasteiger partial charge < -0.3 is 15.0 Å². The fourth-order valence-corrected chi connectivity index (χ4v) is 4.29. The molecule has 0 spiro atoms. The van der Waals surface area contributed by atoms with Crippen LogP contribution >= 0.6 is 28.1 Å². The number of ether oxygens (including phenoxy) is 1. The van der Waals surface area contributed by atoms with Gasteiger partial charge in [-0.2, -0.15) is 0 Å². The molecule has 4 rings (SSSR count). The van der Waals surface area contributed by atoms with Crippen LogP contribution < -0.4 is 20.3 Å². The number of anilines is 2. The first-order valence-electron chi connectivity index (χ1n) is 11.9. The quantitative estimate of drug-likeness (QED) is 0.231. The maximum atomic E-state index is 13.0. The summed E-state index contributed by atoms with van der Waals surface area (Å²) in [5.74, 6) is -0.0577. The summed E-state index contributed by atoms with van der Waals surface area (Å²) < 4.78 is 6.67. The van der Waals surface area contributed by atoms with Crippen molar-refractivity contribution >= 4 is 56.4 Å². The number of halogens is 1. The van der Waals surface area contributed by atoms with Crippen molar-refractivity contribution in [2.24, 2.45) is 0 Å². The van der Waals surface area contributed by atoms with E-state index < -0.39 is 5.91 Å². The summed E-state index contributed by atoms with van der Waals surface area (Å²) in [6.07, 6.45) is 0.720. The number of nitrogens with one attached hydrogen (secondary N) is 2. The van der Waals surface area contributed by atoms with Gasteiger partial charge in [-0.25, -0.2) is 0 Å². The fraction of sp³-hybridized carbons (Fsp3) is 0.100. The Bertz CT molecular complexity index is 1410. The second kappa shape index (κ2) is 13.0. The number of hydrogen-bond acceptors (Lipinski definition) is 4. The molecule has 0 fully saturated rings. The van der Waals surface area contributed by atoms with E-state index >= 15 is 0 Å². The van der Waals surface area contributed by atoms with Crippen molar-refractivity contribution in [1.29, 1.82) is 0 Å². The molecule has 0 saturated carbocycles. The Morgan fingerprint density at radius 2 is 1.55 bits per heavy atom. The molecule has 0 saturated heterocycles. The Hall–Kier alpha value is -4.01. The number of thiocarbonyl (C=S) groups is 1. The van der Waals surface area contributed by atoms with E-state index in [9.17, 15) is 9.59 Å². The Kier molecular flexibility index (Phi) is 9.24. The Balaban J connectivity index is 1.35. The minimum Gasteiger partial charge on any atom is -0.492 e. The van der Waals surface area contributed by atoms with Gasteiger partial charge in [-0.1, -0.05) is 64.5 Å². The van der Waals surface area contributed by atoms with Gasteiger partial charge in [0.1, 0.15) is 5.75 Å². The lowest BCUT2D eigenvalue weighted by molar-refractivity contribution is 0.0971. The largest absolute Gasteiger partial charge is 0.492 e. The molecular weight excluding hydrogens is 562 g/mol. The second-order valence-corrected chi connectivity index (χ2v) is 9.73. The highest BCUT2D eigenvalue weighted by atomic mass is 79.9. The molecule has 0 unspecified atom stereocenters. The van der Waals surface area contributed by atoms with Crippen molar-refractivity contribution < 1.29 is 14.3 Å². The third-order valence-electron chi connectivity index (χ3n) is 5.74. The lowest BCUT2D eigenvalue weighted by Crippen LogP contribution is -2.34. The van der Waals surface area contributed by atoms with Gasteiger partial charge in [0.25, 0.3) is 11.8 Å². The molecule has 2 N–H and O–H groups in total. The zero-order valence-corrected chi connectivity index (χ0v) is 23.1. The van der Waals surface area contributed by atoms with Gasteiger partial charge in [-0.3, -0.25) is 14.9 Å². The molecule has 192 valence electrons. The third kappa shape index (κ3) is 7.27. The van der Waals surface area contributed by atoms with Crippen LogP contribution in [0, 0.1) is 0 Å². The molecule has 6 nitrogen and oxygen atoms in total. The van der Waals surface area contributed by atoms with Crippen LogP contribution in [0.3, 0.4) is 0 Å². The number of carbonyl (C=O) groups excluding carboxylic acids is 2. The van der Waals surface area contributed by atoms with Gasteiger partial charge in [0.2, 0.25) is 0 Å². The first-order valence-corrected chi connectivity index (χ1v) is 13.1. The van der Waals surface area contributed by atoms with E-state index in [1.165, 1.54) is 0 Å². The number of hydrogen-bond donors (Lipinski definition) is 2. The van der Waals surface area contributed by atoms with Gasteiger partial charge in [0.05, 0.1) is 12.2 Å². The van der Waals surface area contributed by atoms with Crippen molar-refractivity contribution in [3.63, 3.8) is 0 Å². The molecule has 4 aromatic carbocycles. The zero-order valence-electron chi connectivity index (χ0n) is 20.7. The van der Waals surface area contributed by atoms with Gasteiger partial charge in [-0.05, 0) is 72.4 Å². The van der Waals surface area contributed by atoms with Crippen LogP contribution in [-0.4, -0.2) is 30.6 Å². The molecule has 38 heavy (non-hydrogen) atoms. The molecule has 0 heterocycles. The van der Waals surface area contributed by atoms with E-state index in [4.69, 9.17) is 17.0 Å². The first kappa shape index (κ1) is 27.0. The Labute approximate surface area is 235 Å². The summed E-state index contributed by atoms with van der Waals surface area (Å²) in [5, 5.41) is 5.82. The standard InChI is InChI=1S/C30H26BrN3O3S/c1-34(25-10-6-3-7-11-25)29(36)22-12-15-24(16-13-22)32-30(38)33-28(35)26-20-23(31)14-17-27(26)37-19-18-21-8-4-2-5-9-21/h2-17,20H,18-19H2,1H3,(H2,32,33,35,38). The van der Waals surface area contributed by atoms with Crippen molar-refractivity contribution in [3.05, 3.63) is 124 Å². The fourth-order valence-electron chi connectivity index (χ4n) is 3.72. The molecule has 4 aromatic rings. The van der Waals surface area contributed by atoms with E-state index in [1.807, 2.05) is 66.7 Å². The maximum Gasteiger partial charge on any atom is 0.261 e. The van der Waals surface area contributed by atoms with Crippen LogP contribution in [0.1, 0.15) is 26.3 Å². The number of amides is 2. The molecule has 0 bridgehead atoms. The van der Waals surface area contributed by atoms with Gasteiger partial charge >= 0.3 is 0 Å². The minimum absolute atomic E-state index is 0.130. The van der Waals surface area contributed by atoms with E-state index in [1.54, 1.807) is 48.3 Å². The molecule has 0 radical (unpaired) electrons. The van der Waals surface area contributed by atoms with Gasteiger partial charge in [0.15, 0.2) is 5.11 Å². The van der Waals surface area contributed by atoms with Crippen molar-refractivity contribution in [1.82, 2.24) is 5.32 Å². The molecule has 0 atom stereocenters. The summed E-state index contributed by atoms with van der Waals surface area (Å²) in [7, 11) is 1.73. The number of rotatable bonds is 8. The average Bonchev–Trinajstić information content (AvgIpc) is 2.94. The number of carbonyl (C=O) groups is 2. The summed E-state index contributed by atoms with van der Waals surface area (Å²) in [5.41, 5.74) is 3.49. The van der Waals surface area contributed by atoms with Crippen LogP contribution in [0.2, 0.25) is 0 Å². The highest BCUT2D eigenvalue weighted by Gasteiger charge is 2.16. The molecule has 2 amide bonds. The first-order chi connectivity index (χ1) is 18.4. The van der Waals surface area contributed by atoms with Crippen molar-refractivity contribution in [2.75, 3.05) is 23.9 Å². The number of nitrogens with zero attached hydrogens (tertiary/aromatic N) is 1. The second-order valence-electron chi connectivity index (χ2n) is 8.41. The highest BCUT2D eigenvalue weighted by Crippen LogP contribution is 2.24. The molecule has 8 heteroatoms. The Morgan fingerprint density at radius 3 is 2.24 bits per heavy atom. The zero-order chi connectivity index (χ0) is 26.9. The highest BCUT2D eigenvalue weighted by molar-refractivity contribution is 9.10. The average molecular weight is 589 g/mol. The van der Waals surface area contributed by atoms with Crippen LogP contribution in [0.5, 0.6) is 5.75 Å². The molecule has 0 aliphatic carbocycles. The lowest BCUT2D eigenvalue weighted by atomic mass is 10.1. The van der Waals surface area contributed by atoms with E-state index in [0.29, 0.717) is 29.2 Å². The SMILES string of the molecule is CN(C(=O)c1ccc(NC(=S)NC(=O)c2cc(Br)ccc2OCCc2ccccc2)cc1)c1ccccc1. The number of para-hydroxylation sites is 1. The predicted molar refractivity (Wildman–Crippen MR) is 159 cm³/mol. The molecule has 0 aromatic heterocycles. The van der Waals surface area contributed by atoms with E-state index in [-0.39, 0.29) is 11.0 Å². The monoisotopic (exact) mass is 587 g/mol. The van der Waals surface area contributed by atoms with E-state index in [0.717, 1.165) is 22.1 Å². The summed E-state index contributed by atoms with van der Waals surface area (Å²) in [6.45, 7) is 0.430. The van der Waals surface area contributed by atoms with Crippen molar-refractivity contribution in [3.8, 4) is 5.75 Å². The topological polar surface area (TPSA) is 70.7 Å². The summed E-state index contributed by atoms with van der Waals surface area (Å²) in [4.78, 5) is 27.4. The van der Waals surface area contributed by atoms with Crippen LogP contribution in [0.4, 0.5) is 11.4 Å². The number of benzene rings is 4. The Morgan fingerprint density at radius 1 is 0.895 bits per heavy atom. The summed E-state index contributed by atoms with van der Waals surface area (Å²) in [6, 6.07) is 31.6. The molecular formula is C30H26BrN3O3S. The van der Waals surface area contributed by atoms with Crippen LogP contribution in [0.15, 0.2) is 108 Å². The van der Waals surface area contributed by atoms with Crippen molar-refractivity contribution in [2.45, 2.75) is 6.42 Å². The summed E-state index contributed by atoms with van der Waals surface area (Å²) >= 11 is 8.78. The maximum absolute atomic E-state index is 13.0. The predicted octanol–water partition coefficient (Wildman–Crippen LogP) is 6.47. The van der Waals surface area contributed by atoms with Gasteiger partial charge in [-0.15, -0.1) is 0 Å². The lowest BCUT2D eigenvalue weighted by Gasteiger charge is -2.17.